The molecule has 1 heterocycles. The van der Waals surface area contributed by atoms with Crippen molar-refractivity contribution in [2.75, 3.05) is 5.88 Å². The van der Waals surface area contributed by atoms with Gasteiger partial charge in [-0.15, -0.1) is 11.6 Å². The quantitative estimate of drug-likeness (QED) is 0.726. The van der Waals surface area contributed by atoms with Crippen LogP contribution in [0, 0.1) is 0 Å². The Morgan fingerprint density at radius 2 is 2.55 bits per heavy atom. The molecule has 11 heavy (non-hydrogen) atoms. The van der Waals surface area contributed by atoms with Crippen LogP contribution in [-0.4, -0.2) is 25.8 Å². The molecule has 0 saturated carbocycles. The average molecular weight is 193 g/mol. The van der Waals surface area contributed by atoms with Crippen molar-refractivity contribution in [1.82, 2.24) is 8.75 Å². The molecule has 62 valence electrons. The van der Waals surface area contributed by atoms with E-state index in [1.54, 1.807) is 6.20 Å². The van der Waals surface area contributed by atoms with E-state index in [0.29, 0.717) is 6.42 Å². The van der Waals surface area contributed by atoms with Crippen molar-refractivity contribution in [3.8, 4) is 0 Å². The first-order valence-corrected chi connectivity index (χ1v) is 4.60. The molecule has 0 amide bonds. The summed E-state index contributed by atoms with van der Waals surface area (Å²) in [5, 5.41) is 9.08. The first-order chi connectivity index (χ1) is 5.33. The van der Waals surface area contributed by atoms with Crippen molar-refractivity contribution in [3.63, 3.8) is 0 Å². The Balaban J connectivity index is 2.23. The van der Waals surface area contributed by atoms with Crippen LogP contribution in [0.3, 0.4) is 0 Å². The highest BCUT2D eigenvalue weighted by Crippen LogP contribution is 2.03. The molecule has 3 nitrogen and oxygen atoms in total. The zero-order valence-corrected chi connectivity index (χ0v) is 7.48. The first-order valence-electron chi connectivity index (χ1n) is 3.33. The van der Waals surface area contributed by atoms with Crippen LogP contribution in [0.15, 0.2) is 6.20 Å². The van der Waals surface area contributed by atoms with E-state index in [0.717, 1.165) is 12.1 Å². The maximum Gasteiger partial charge on any atom is 0.0744 e. The highest BCUT2D eigenvalue weighted by atomic mass is 35.5. The monoisotopic (exact) mass is 192 g/mol. The predicted octanol–water partition coefficient (Wildman–Crippen LogP) is 1.07. The molecular weight excluding hydrogens is 184 g/mol. The molecule has 1 atom stereocenters. The van der Waals surface area contributed by atoms with Gasteiger partial charge in [0.1, 0.15) is 0 Å². The van der Waals surface area contributed by atoms with Gasteiger partial charge in [-0.05, 0) is 12.8 Å². The fraction of sp³-hybridized carbons (Fsp3) is 0.667. The van der Waals surface area contributed by atoms with Gasteiger partial charge >= 0.3 is 0 Å². The maximum atomic E-state index is 9.08. The summed E-state index contributed by atoms with van der Waals surface area (Å²) in [5.41, 5.74) is 0.930. The van der Waals surface area contributed by atoms with Crippen LogP contribution in [-0.2, 0) is 6.42 Å². The summed E-state index contributed by atoms with van der Waals surface area (Å²) in [6.45, 7) is 0. The fourth-order valence-corrected chi connectivity index (χ4v) is 1.30. The lowest BCUT2D eigenvalue weighted by atomic mass is 10.2. The summed E-state index contributed by atoms with van der Waals surface area (Å²) in [6.07, 6.45) is 2.71. The van der Waals surface area contributed by atoms with Crippen LogP contribution in [0.1, 0.15) is 12.1 Å². The molecule has 0 saturated heterocycles. The predicted molar refractivity (Wildman–Crippen MR) is 45.0 cm³/mol. The number of nitrogens with zero attached hydrogens (tertiary/aromatic N) is 2. The van der Waals surface area contributed by atoms with E-state index in [1.807, 2.05) is 0 Å². The normalized spacial score (nSPS) is 13.3. The van der Waals surface area contributed by atoms with Gasteiger partial charge in [0.15, 0.2) is 0 Å². The summed E-state index contributed by atoms with van der Waals surface area (Å²) in [5.74, 6) is 0.289. The molecule has 0 aliphatic heterocycles. The van der Waals surface area contributed by atoms with E-state index in [-0.39, 0.29) is 5.88 Å². The van der Waals surface area contributed by atoms with Gasteiger partial charge < -0.3 is 5.11 Å². The smallest absolute Gasteiger partial charge is 0.0744 e. The Morgan fingerprint density at radius 3 is 3.09 bits per heavy atom. The van der Waals surface area contributed by atoms with Gasteiger partial charge in [0.05, 0.1) is 29.7 Å². The van der Waals surface area contributed by atoms with Crippen LogP contribution in [0.2, 0.25) is 0 Å². The number of rotatable bonds is 4. The first kappa shape index (κ1) is 8.90. The molecular formula is C6H9ClN2OS. The van der Waals surface area contributed by atoms with Crippen molar-refractivity contribution in [2.24, 2.45) is 0 Å². The molecule has 0 radical (unpaired) electrons. The van der Waals surface area contributed by atoms with E-state index >= 15 is 0 Å². The Bertz CT molecular complexity index is 192. The van der Waals surface area contributed by atoms with Crippen molar-refractivity contribution in [2.45, 2.75) is 18.9 Å². The van der Waals surface area contributed by atoms with Gasteiger partial charge in [-0.2, -0.15) is 8.75 Å². The Morgan fingerprint density at radius 1 is 1.73 bits per heavy atom. The molecule has 0 bridgehead atoms. The molecule has 5 heteroatoms. The molecule has 0 fully saturated rings. The Kier molecular flexibility index (Phi) is 3.76. The Labute approximate surface area is 74.4 Å². The van der Waals surface area contributed by atoms with Crippen molar-refractivity contribution in [3.05, 3.63) is 11.9 Å². The molecule has 0 aliphatic carbocycles. The lowest BCUT2D eigenvalue weighted by Gasteiger charge is -2.02. The molecule has 0 aromatic carbocycles. The third kappa shape index (κ3) is 3.14. The van der Waals surface area contributed by atoms with Gasteiger partial charge in [0.2, 0.25) is 0 Å². The zero-order valence-electron chi connectivity index (χ0n) is 5.90. The summed E-state index contributed by atoms with van der Waals surface area (Å²) in [4.78, 5) is 0. The van der Waals surface area contributed by atoms with Crippen molar-refractivity contribution in [1.29, 1.82) is 0 Å². The van der Waals surface area contributed by atoms with E-state index in [1.165, 1.54) is 11.7 Å². The number of aliphatic hydroxyl groups excluding tert-OH is 1. The number of hydrogen-bond donors (Lipinski definition) is 1. The van der Waals surface area contributed by atoms with E-state index in [2.05, 4.69) is 8.75 Å². The third-order valence-electron chi connectivity index (χ3n) is 1.32. The van der Waals surface area contributed by atoms with E-state index in [9.17, 15) is 0 Å². The number of halogens is 1. The van der Waals surface area contributed by atoms with Crippen LogP contribution in [0.25, 0.3) is 0 Å². The van der Waals surface area contributed by atoms with Crippen LogP contribution >= 0.6 is 23.3 Å². The Hall–Kier alpha value is -0.190. The number of aliphatic hydroxyl groups is 1. The lowest BCUT2D eigenvalue weighted by Crippen LogP contribution is -2.09. The summed E-state index contributed by atoms with van der Waals surface area (Å²) in [7, 11) is 0. The largest absolute Gasteiger partial charge is 0.392 e. The topological polar surface area (TPSA) is 46.0 Å². The SMILES string of the molecule is OC(CCl)CCc1cnsn1. The number of hydrogen-bond acceptors (Lipinski definition) is 4. The second-order valence-electron chi connectivity index (χ2n) is 2.25. The van der Waals surface area contributed by atoms with Gasteiger partial charge in [-0.1, -0.05) is 0 Å². The van der Waals surface area contributed by atoms with Crippen LogP contribution in [0.4, 0.5) is 0 Å². The number of aryl methyl sites for hydroxylation is 1. The minimum absolute atomic E-state index is 0.289. The fourth-order valence-electron chi connectivity index (χ4n) is 0.686. The molecule has 1 aromatic heterocycles. The average Bonchev–Trinajstić information content (AvgIpc) is 2.52. The van der Waals surface area contributed by atoms with Gasteiger partial charge in [-0.25, -0.2) is 0 Å². The second-order valence-corrected chi connectivity index (χ2v) is 3.11. The molecule has 0 spiro atoms. The van der Waals surface area contributed by atoms with Crippen LogP contribution in [0.5, 0.6) is 0 Å². The number of alkyl halides is 1. The highest BCUT2D eigenvalue weighted by Gasteiger charge is 2.03. The van der Waals surface area contributed by atoms with E-state index in [4.69, 9.17) is 16.7 Å². The molecule has 1 N–H and O–H groups in total. The van der Waals surface area contributed by atoms with Gasteiger partial charge in [0, 0.05) is 5.88 Å². The van der Waals surface area contributed by atoms with Crippen LogP contribution < -0.4 is 0 Å². The number of aromatic nitrogens is 2. The van der Waals surface area contributed by atoms with E-state index < -0.39 is 6.10 Å². The third-order valence-corrected chi connectivity index (χ3v) is 2.19. The lowest BCUT2D eigenvalue weighted by molar-refractivity contribution is 0.188. The minimum Gasteiger partial charge on any atom is -0.392 e. The maximum absolute atomic E-state index is 9.08. The standard InChI is InChI=1S/C6H9ClN2OS/c7-3-6(10)2-1-5-4-8-11-9-5/h4,6,10H,1-3H2. The van der Waals surface area contributed by atoms with Crippen molar-refractivity contribution >= 4 is 23.3 Å². The summed E-state index contributed by atoms with van der Waals surface area (Å²) >= 11 is 6.59. The molecule has 1 unspecified atom stereocenters. The van der Waals surface area contributed by atoms with Crippen molar-refractivity contribution < 1.29 is 5.11 Å². The highest BCUT2D eigenvalue weighted by molar-refractivity contribution is 6.99. The molecule has 1 aromatic rings. The molecule has 0 aliphatic rings. The zero-order chi connectivity index (χ0) is 8.10. The van der Waals surface area contributed by atoms with Gasteiger partial charge in [-0.3, -0.25) is 0 Å². The molecule has 1 rings (SSSR count). The van der Waals surface area contributed by atoms with Gasteiger partial charge in [0.25, 0.3) is 0 Å². The summed E-state index contributed by atoms with van der Waals surface area (Å²) in [6, 6.07) is 0. The minimum atomic E-state index is -0.418. The second kappa shape index (κ2) is 4.64. The summed E-state index contributed by atoms with van der Waals surface area (Å²) < 4.78 is 7.84.